The molecule has 0 spiro atoms. The third-order valence-corrected chi connectivity index (χ3v) is 4.75. The number of carbonyl (C=O) groups is 2. The number of methoxy groups -OCH3 is 1. The molecule has 2 rings (SSSR count). The van der Waals surface area contributed by atoms with E-state index in [1.807, 2.05) is 29.7 Å². The van der Waals surface area contributed by atoms with Gasteiger partial charge in [0.25, 0.3) is 0 Å². The Morgan fingerprint density at radius 2 is 1.76 bits per heavy atom. The first-order chi connectivity index (χ1) is 12.0. The molecule has 1 aliphatic rings. The van der Waals surface area contributed by atoms with Gasteiger partial charge in [0, 0.05) is 43.2 Å². The minimum absolute atomic E-state index is 0.0461. The van der Waals surface area contributed by atoms with E-state index >= 15 is 0 Å². The quantitative estimate of drug-likeness (QED) is 0.804. The predicted octanol–water partition coefficient (Wildman–Crippen LogP) is 3.06. The first kappa shape index (κ1) is 19.6. The van der Waals surface area contributed by atoms with Crippen LogP contribution in [0.1, 0.15) is 37.3 Å². The number of rotatable bonds is 5. The Balaban J connectivity index is 2.03. The molecule has 0 bridgehead atoms. The summed E-state index contributed by atoms with van der Waals surface area (Å²) in [6, 6.07) is 3.62. The van der Waals surface area contributed by atoms with Crippen molar-refractivity contribution < 1.29 is 14.3 Å². The maximum absolute atomic E-state index is 12.7. The van der Waals surface area contributed by atoms with Crippen LogP contribution < -0.4 is 4.74 Å². The molecule has 0 aromatic heterocycles. The van der Waals surface area contributed by atoms with Crippen LogP contribution in [0.15, 0.2) is 12.1 Å². The third kappa shape index (κ3) is 5.11. The Morgan fingerprint density at radius 3 is 2.36 bits per heavy atom. The molecule has 1 aromatic carbocycles. The lowest BCUT2D eigenvalue weighted by atomic mass is 10.1. The second-order valence-electron chi connectivity index (χ2n) is 6.46. The van der Waals surface area contributed by atoms with E-state index in [1.165, 1.54) is 0 Å². The number of benzene rings is 1. The highest BCUT2D eigenvalue weighted by molar-refractivity contribution is 6.30. The smallest absolute Gasteiger partial charge is 0.227 e. The van der Waals surface area contributed by atoms with Crippen LogP contribution in [-0.4, -0.2) is 54.9 Å². The molecule has 0 unspecified atom stereocenters. The summed E-state index contributed by atoms with van der Waals surface area (Å²) in [6.45, 7) is 6.51. The molecule has 2 amide bonds. The largest absolute Gasteiger partial charge is 0.496 e. The lowest BCUT2D eigenvalue weighted by Crippen LogP contribution is -2.37. The molecule has 138 valence electrons. The number of amides is 2. The molecule has 5 nitrogen and oxygen atoms in total. The van der Waals surface area contributed by atoms with Gasteiger partial charge in [0.15, 0.2) is 0 Å². The van der Waals surface area contributed by atoms with Gasteiger partial charge in [-0.2, -0.15) is 0 Å². The van der Waals surface area contributed by atoms with Gasteiger partial charge in [-0.05, 0) is 37.5 Å². The van der Waals surface area contributed by atoms with Crippen molar-refractivity contribution in [3.05, 3.63) is 28.3 Å². The van der Waals surface area contributed by atoms with Crippen LogP contribution in [0.5, 0.6) is 5.75 Å². The normalized spacial score (nSPS) is 15.0. The van der Waals surface area contributed by atoms with Crippen LogP contribution >= 0.6 is 11.6 Å². The molecule has 0 saturated carbocycles. The highest BCUT2D eigenvalue weighted by Crippen LogP contribution is 2.28. The fourth-order valence-electron chi connectivity index (χ4n) is 3.29. The first-order valence-corrected chi connectivity index (χ1v) is 9.22. The topological polar surface area (TPSA) is 49.9 Å². The molecule has 0 atom stereocenters. The molecule has 0 radical (unpaired) electrons. The van der Waals surface area contributed by atoms with Gasteiger partial charge in [-0.25, -0.2) is 0 Å². The molecular weight excluding hydrogens is 340 g/mol. The van der Waals surface area contributed by atoms with E-state index in [2.05, 4.69) is 0 Å². The fourth-order valence-corrected chi connectivity index (χ4v) is 3.58. The van der Waals surface area contributed by atoms with Crippen molar-refractivity contribution >= 4 is 23.4 Å². The lowest BCUT2D eigenvalue weighted by Gasteiger charge is -2.23. The predicted molar refractivity (Wildman–Crippen MR) is 99.1 cm³/mol. The molecule has 6 heteroatoms. The van der Waals surface area contributed by atoms with Crippen LogP contribution in [0, 0.1) is 6.92 Å². The monoisotopic (exact) mass is 366 g/mol. The van der Waals surface area contributed by atoms with Gasteiger partial charge >= 0.3 is 0 Å². The van der Waals surface area contributed by atoms with Crippen LogP contribution in [-0.2, 0) is 16.0 Å². The minimum Gasteiger partial charge on any atom is -0.496 e. The summed E-state index contributed by atoms with van der Waals surface area (Å²) in [5, 5.41) is 0.605. The van der Waals surface area contributed by atoms with E-state index in [0.29, 0.717) is 36.8 Å². The van der Waals surface area contributed by atoms with Gasteiger partial charge in [0.2, 0.25) is 11.8 Å². The van der Waals surface area contributed by atoms with Crippen molar-refractivity contribution in [2.75, 3.05) is 33.3 Å². The molecular formula is C19H27ClN2O3. The highest BCUT2D eigenvalue weighted by Gasteiger charge is 2.22. The molecule has 25 heavy (non-hydrogen) atoms. The Labute approximate surface area is 154 Å². The van der Waals surface area contributed by atoms with Crippen molar-refractivity contribution in [2.24, 2.45) is 0 Å². The van der Waals surface area contributed by atoms with E-state index in [9.17, 15) is 9.59 Å². The number of halogens is 1. The van der Waals surface area contributed by atoms with E-state index in [1.54, 1.807) is 13.2 Å². The summed E-state index contributed by atoms with van der Waals surface area (Å²) < 4.78 is 5.44. The van der Waals surface area contributed by atoms with E-state index in [4.69, 9.17) is 16.3 Å². The molecule has 0 N–H and O–H groups in total. The second kappa shape index (κ2) is 9.09. The van der Waals surface area contributed by atoms with Crippen LogP contribution in [0.25, 0.3) is 0 Å². The maximum Gasteiger partial charge on any atom is 0.227 e. The van der Waals surface area contributed by atoms with Crippen molar-refractivity contribution in [2.45, 2.75) is 39.5 Å². The van der Waals surface area contributed by atoms with Gasteiger partial charge in [0.05, 0.1) is 13.5 Å². The van der Waals surface area contributed by atoms with Crippen molar-refractivity contribution in [1.82, 2.24) is 9.80 Å². The number of carbonyl (C=O) groups excluding carboxylic acids is 2. The number of hydrogen-bond donors (Lipinski definition) is 0. The SMILES string of the molecule is CCCC(=O)N1CCCN(C(=O)Cc2cc(Cl)cc(C)c2OC)CC1. The molecule has 1 fully saturated rings. The molecule has 0 aliphatic carbocycles. The van der Waals surface area contributed by atoms with Crippen molar-refractivity contribution in [1.29, 1.82) is 0 Å². The summed E-state index contributed by atoms with van der Waals surface area (Å²) in [5.74, 6) is 0.945. The Kier molecular flexibility index (Phi) is 7.12. The third-order valence-electron chi connectivity index (χ3n) is 4.53. The van der Waals surface area contributed by atoms with Gasteiger partial charge in [-0.3, -0.25) is 9.59 Å². The van der Waals surface area contributed by atoms with E-state index in [-0.39, 0.29) is 18.2 Å². The number of aryl methyl sites for hydroxylation is 1. The van der Waals surface area contributed by atoms with Gasteiger partial charge in [-0.15, -0.1) is 0 Å². The van der Waals surface area contributed by atoms with Gasteiger partial charge in [0.1, 0.15) is 5.75 Å². The summed E-state index contributed by atoms with van der Waals surface area (Å²) in [7, 11) is 1.60. The standard InChI is InChI=1S/C19H27ClN2O3/c1-4-6-17(23)21-7-5-8-22(10-9-21)18(24)13-15-12-16(20)11-14(2)19(15)25-3/h11-12H,4-10,13H2,1-3H3. The molecule has 1 saturated heterocycles. The lowest BCUT2D eigenvalue weighted by molar-refractivity contribution is -0.133. The van der Waals surface area contributed by atoms with Crippen LogP contribution in [0.2, 0.25) is 5.02 Å². The van der Waals surface area contributed by atoms with Gasteiger partial charge in [-0.1, -0.05) is 18.5 Å². The second-order valence-corrected chi connectivity index (χ2v) is 6.89. The highest BCUT2D eigenvalue weighted by atomic mass is 35.5. The summed E-state index contributed by atoms with van der Waals surface area (Å²) in [6.07, 6.45) is 2.50. The summed E-state index contributed by atoms with van der Waals surface area (Å²) in [5.41, 5.74) is 1.73. The number of nitrogens with zero attached hydrogens (tertiary/aromatic N) is 2. The maximum atomic E-state index is 12.7. The molecule has 1 heterocycles. The Bertz CT molecular complexity index is 633. The average Bonchev–Trinajstić information content (AvgIpc) is 2.81. The minimum atomic E-state index is 0.0461. The van der Waals surface area contributed by atoms with Crippen LogP contribution in [0.4, 0.5) is 0 Å². The Hall–Kier alpha value is -1.75. The molecule has 1 aliphatic heterocycles. The first-order valence-electron chi connectivity index (χ1n) is 8.84. The number of hydrogen-bond acceptors (Lipinski definition) is 3. The van der Waals surface area contributed by atoms with E-state index in [0.717, 1.165) is 30.5 Å². The molecule has 1 aromatic rings. The van der Waals surface area contributed by atoms with E-state index < -0.39 is 0 Å². The van der Waals surface area contributed by atoms with Crippen LogP contribution in [0.3, 0.4) is 0 Å². The zero-order valence-corrected chi connectivity index (χ0v) is 16.1. The fraction of sp³-hybridized carbons (Fsp3) is 0.579. The van der Waals surface area contributed by atoms with Crippen molar-refractivity contribution in [3.8, 4) is 5.75 Å². The van der Waals surface area contributed by atoms with Gasteiger partial charge < -0.3 is 14.5 Å². The number of ether oxygens (including phenoxy) is 1. The Morgan fingerprint density at radius 1 is 1.12 bits per heavy atom. The zero-order valence-electron chi connectivity index (χ0n) is 15.3. The van der Waals surface area contributed by atoms with Crippen molar-refractivity contribution in [3.63, 3.8) is 0 Å². The summed E-state index contributed by atoms with van der Waals surface area (Å²) in [4.78, 5) is 28.5. The summed E-state index contributed by atoms with van der Waals surface area (Å²) >= 11 is 6.13. The zero-order chi connectivity index (χ0) is 18.4. The average molecular weight is 367 g/mol.